The first-order valence-electron chi connectivity index (χ1n) is 9.98. The maximum atomic E-state index is 13.0. The van der Waals surface area contributed by atoms with Crippen LogP contribution in [0.2, 0.25) is 0 Å². The quantitative estimate of drug-likeness (QED) is 0.402. The molecule has 0 spiro atoms. The fourth-order valence-electron chi connectivity index (χ4n) is 2.95. The van der Waals surface area contributed by atoms with Gasteiger partial charge >= 0.3 is 0 Å². The van der Waals surface area contributed by atoms with Gasteiger partial charge in [0.05, 0.1) is 18.4 Å². The number of nitrogens with zero attached hydrogens (tertiary/aromatic N) is 2. The van der Waals surface area contributed by atoms with Crippen molar-refractivity contribution in [2.75, 3.05) is 19.0 Å². The van der Waals surface area contributed by atoms with Gasteiger partial charge in [-0.25, -0.2) is 4.39 Å². The Morgan fingerprint density at radius 1 is 0.970 bits per heavy atom. The monoisotopic (exact) mass is 449 g/mol. The van der Waals surface area contributed by atoms with Gasteiger partial charge in [0, 0.05) is 0 Å². The number of benzene rings is 3. The molecule has 0 saturated heterocycles. The molecule has 0 aliphatic rings. The Hall–Kier alpha value is -4.40. The molecule has 1 amide bonds. The first kappa shape index (κ1) is 21.8. The van der Waals surface area contributed by atoms with Gasteiger partial charge in [0.1, 0.15) is 23.1 Å². The normalized spacial score (nSPS) is 10.5. The van der Waals surface area contributed by atoms with E-state index in [4.69, 9.17) is 18.7 Å². The van der Waals surface area contributed by atoms with Crippen molar-refractivity contribution < 1.29 is 27.9 Å². The second-order valence-electron chi connectivity index (χ2n) is 6.79. The fraction of sp³-hybridized carbons (Fsp3) is 0.125. The molecule has 0 unspecified atom stereocenters. The minimum absolute atomic E-state index is 0.0168. The third-order valence-corrected chi connectivity index (χ3v) is 4.51. The van der Waals surface area contributed by atoms with Gasteiger partial charge in [-0.15, -0.1) is 0 Å². The molecule has 1 N–H and O–H groups in total. The zero-order chi connectivity index (χ0) is 23.0. The number of rotatable bonds is 9. The number of anilines is 1. The summed E-state index contributed by atoms with van der Waals surface area (Å²) in [5, 5.41) is 6.72. The Kier molecular flexibility index (Phi) is 6.79. The van der Waals surface area contributed by atoms with Crippen molar-refractivity contribution in [2.45, 2.75) is 6.61 Å². The molecule has 3 aromatic carbocycles. The fourth-order valence-corrected chi connectivity index (χ4v) is 2.95. The smallest absolute Gasteiger partial charge is 0.264 e. The Morgan fingerprint density at radius 3 is 2.48 bits per heavy atom. The molecule has 168 valence electrons. The molecule has 1 heterocycles. The van der Waals surface area contributed by atoms with Crippen molar-refractivity contribution in [1.82, 2.24) is 10.1 Å². The van der Waals surface area contributed by atoms with E-state index < -0.39 is 0 Å². The van der Waals surface area contributed by atoms with Crippen molar-refractivity contribution in [3.05, 3.63) is 84.5 Å². The minimum Gasteiger partial charge on any atom is -0.495 e. The van der Waals surface area contributed by atoms with Crippen LogP contribution >= 0.6 is 0 Å². The molecule has 0 fully saturated rings. The predicted molar refractivity (Wildman–Crippen MR) is 118 cm³/mol. The maximum Gasteiger partial charge on any atom is 0.264 e. The van der Waals surface area contributed by atoms with Crippen LogP contribution in [0.5, 0.6) is 17.2 Å². The van der Waals surface area contributed by atoms with E-state index >= 15 is 0 Å². The average Bonchev–Trinajstić information content (AvgIpc) is 3.32. The number of amides is 1. The van der Waals surface area contributed by atoms with Crippen molar-refractivity contribution in [3.63, 3.8) is 0 Å². The number of nitrogens with one attached hydrogen (secondary N) is 1. The molecular formula is C24H20FN3O5. The number of aromatic nitrogens is 2. The average molecular weight is 449 g/mol. The molecule has 0 radical (unpaired) electrons. The number of hydrogen-bond donors (Lipinski definition) is 1. The largest absolute Gasteiger partial charge is 0.495 e. The summed E-state index contributed by atoms with van der Waals surface area (Å²) >= 11 is 0. The molecule has 1 aromatic heterocycles. The van der Waals surface area contributed by atoms with Crippen LogP contribution in [0.25, 0.3) is 11.4 Å². The number of halogens is 1. The highest BCUT2D eigenvalue weighted by Gasteiger charge is 2.15. The van der Waals surface area contributed by atoms with E-state index in [0.717, 1.165) is 0 Å². The summed E-state index contributed by atoms with van der Waals surface area (Å²) < 4.78 is 34.7. The molecule has 33 heavy (non-hydrogen) atoms. The first-order chi connectivity index (χ1) is 16.1. The lowest BCUT2D eigenvalue weighted by atomic mass is 10.2. The number of hydrogen-bond acceptors (Lipinski definition) is 7. The number of methoxy groups -OCH3 is 1. The van der Waals surface area contributed by atoms with E-state index in [1.165, 1.54) is 31.4 Å². The zero-order valence-corrected chi connectivity index (χ0v) is 17.7. The topological polar surface area (TPSA) is 95.7 Å². The highest BCUT2D eigenvalue weighted by atomic mass is 19.1. The van der Waals surface area contributed by atoms with Crippen LogP contribution in [-0.4, -0.2) is 29.8 Å². The molecule has 4 rings (SSSR count). The van der Waals surface area contributed by atoms with Crippen LogP contribution in [0.1, 0.15) is 5.89 Å². The third-order valence-electron chi connectivity index (χ3n) is 4.51. The van der Waals surface area contributed by atoms with Crippen LogP contribution in [0.4, 0.5) is 10.1 Å². The summed E-state index contributed by atoms with van der Waals surface area (Å²) in [5.74, 6) is 1.26. The Balaban J connectivity index is 1.39. The Bertz CT molecular complexity index is 1230. The van der Waals surface area contributed by atoms with Crippen LogP contribution < -0.4 is 19.5 Å². The number of ether oxygens (including phenoxy) is 3. The zero-order valence-electron chi connectivity index (χ0n) is 17.7. The minimum atomic E-state index is -0.351. The van der Waals surface area contributed by atoms with Crippen LogP contribution in [0.3, 0.4) is 0 Å². The second kappa shape index (κ2) is 10.3. The van der Waals surface area contributed by atoms with Crippen LogP contribution in [-0.2, 0) is 11.4 Å². The molecule has 9 heteroatoms. The van der Waals surface area contributed by atoms with Crippen LogP contribution in [0, 0.1) is 5.82 Å². The number of carbonyl (C=O) groups excluding carboxylic acids is 1. The van der Waals surface area contributed by atoms with Crippen molar-refractivity contribution in [3.8, 4) is 28.6 Å². The van der Waals surface area contributed by atoms with E-state index in [1.807, 2.05) is 6.07 Å². The highest BCUT2D eigenvalue weighted by Crippen LogP contribution is 2.28. The number of carbonyl (C=O) groups is 1. The van der Waals surface area contributed by atoms with E-state index in [-0.39, 0.29) is 36.7 Å². The van der Waals surface area contributed by atoms with Crippen LogP contribution in [0.15, 0.2) is 77.3 Å². The highest BCUT2D eigenvalue weighted by molar-refractivity contribution is 5.93. The molecule has 0 bridgehead atoms. The van der Waals surface area contributed by atoms with Gasteiger partial charge in [-0.3, -0.25) is 4.79 Å². The van der Waals surface area contributed by atoms with Gasteiger partial charge in [0.15, 0.2) is 13.2 Å². The summed E-state index contributed by atoms with van der Waals surface area (Å²) in [6.07, 6.45) is 0. The van der Waals surface area contributed by atoms with E-state index in [9.17, 15) is 9.18 Å². The van der Waals surface area contributed by atoms with E-state index in [0.29, 0.717) is 28.5 Å². The van der Waals surface area contributed by atoms with Gasteiger partial charge in [0.2, 0.25) is 5.82 Å². The van der Waals surface area contributed by atoms with Crippen molar-refractivity contribution in [2.24, 2.45) is 0 Å². The molecule has 0 atom stereocenters. The second-order valence-corrected chi connectivity index (χ2v) is 6.79. The number of para-hydroxylation sites is 3. The van der Waals surface area contributed by atoms with Crippen molar-refractivity contribution in [1.29, 1.82) is 0 Å². The lowest BCUT2D eigenvalue weighted by molar-refractivity contribution is -0.118. The summed E-state index contributed by atoms with van der Waals surface area (Å²) in [7, 11) is 1.53. The van der Waals surface area contributed by atoms with E-state index in [1.54, 1.807) is 42.5 Å². The predicted octanol–water partition coefficient (Wildman–Crippen LogP) is 4.48. The van der Waals surface area contributed by atoms with Gasteiger partial charge < -0.3 is 24.1 Å². The molecule has 8 nitrogen and oxygen atoms in total. The maximum absolute atomic E-state index is 13.0. The standard InChI is InChI=1S/C24H20FN3O5/c1-30-21-9-5-3-7-19(21)26-22(29)14-32-20-8-4-2-6-18(20)24-27-23(33-28-24)15-31-17-12-10-16(25)11-13-17/h2-13H,14-15H2,1H3,(H,26,29). The van der Waals surface area contributed by atoms with Crippen molar-refractivity contribution >= 4 is 11.6 Å². The Labute approximate surface area is 188 Å². The van der Waals surface area contributed by atoms with Gasteiger partial charge in [-0.2, -0.15) is 4.98 Å². The molecule has 0 saturated carbocycles. The summed E-state index contributed by atoms with van der Waals surface area (Å²) in [6, 6.07) is 19.7. The molecular weight excluding hydrogens is 429 g/mol. The third kappa shape index (κ3) is 5.65. The molecule has 0 aliphatic carbocycles. The van der Waals surface area contributed by atoms with Gasteiger partial charge in [0.25, 0.3) is 11.8 Å². The SMILES string of the molecule is COc1ccccc1NC(=O)COc1ccccc1-c1noc(COc2ccc(F)cc2)n1. The first-order valence-corrected chi connectivity index (χ1v) is 9.98. The van der Waals surface area contributed by atoms with Gasteiger partial charge in [-0.05, 0) is 48.5 Å². The lowest BCUT2D eigenvalue weighted by Gasteiger charge is -2.11. The van der Waals surface area contributed by atoms with E-state index in [2.05, 4.69) is 15.5 Å². The Morgan fingerprint density at radius 2 is 1.70 bits per heavy atom. The lowest BCUT2D eigenvalue weighted by Crippen LogP contribution is -2.20. The van der Waals surface area contributed by atoms with Gasteiger partial charge in [-0.1, -0.05) is 29.4 Å². The summed E-state index contributed by atoms with van der Waals surface area (Å²) in [4.78, 5) is 16.7. The summed E-state index contributed by atoms with van der Waals surface area (Å²) in [5.41, 5.74) is 1.10. The molecule has 0 aliphatic heterocycles. The summed E-state index contributed by atoms with van der Waals surface area (Å²) in [6.45, 7) is -0.212. The molecule has 4 aromatic rings.